The molecule has 25 heavy (non-hydrogen) atoms. The van der Waals surface area contributed by atoms with Gasteiger partial charge in [0.05, 0.1) is 5.01 Å². The Bertz CT molecular complexity index is 747. The van der Waals surface area contributed by atoms with Gasteiger partial charge in [0.2, 0.25) is 0 Å². The van der Waals surface area contributed by atoms with E-state index in [1.807, 2.05) is 29.6 Å². The first-order valence-electron chi connectivity index (χ1n) is 9.02. The van der Waals surface area contributed by atoms with Crippen LogP contribution < -0.4 is 0 Å². The molecule has 0 aromatic carbocycles. The Morgan fingerprint density at radius 1 is 1.24 bits per heavy atom. The number of hydrogen-bond acceptors (Lipinski definition) is 5. The molecule has 0 N–H and O–H groups in total. The third-order valence-electron chi connectivity index (χ3n) is 5.54. The SMILES string of the molecule is Cc1nc(C(=O)N2CCCC3(CCCN3Cc3ccncc3)C2)cs1. The van der Waals surface area contributed by atoms with E-state index in [-0.39, 0.29) is 11.4 Å². The summed E-state index contributed by atoms with van der Waals surface area (Å²) in [6, 6.07) is 4.19. The molecule has 0 radical (unpaired) electrons. The summed E-state index contributed by atoms with van der Waals surface area (Å²) in [7, 11) is 0. The van der Waals surface area contributed by atoms with Crippen molar-refractivity contribution in [3.63, 3.8) is 0 Å². The maximum Gasteiger partial charge on any atom is 0.273 e. The van der Waals surface area contributed by atoms with Crippen molar-refractivity contribution in [2.75, 3.05) is 19.6 Å². The highest BCUT2D eigenvalue weighted by atomic mass is 32.1. The van der Waals surface area contributed by atoms with Gasteiger partial charge in [-0.2, -0.15) is 0 Å². The predicted molar refractivity (Wildman–Crippen MR) is 98.6 cm³/mol. The van der Waals surface area contributed by atoms with Gasteiger partial charge >= 0.3 is 0 Å². The van der Waals surface area contributed by atoms with Gasteiger partial charge in [-0.3, -0.25) is 14.7 Å². The van der Waals surface area contributed by atoms with E-state index < -0.39 is 0 Å². The molecule has 132 valence electrons. The van der Waals surface area contributed by atoms with E-state index in [0.29, 0.717) is 5.69 Å². The van der Waals surface area contributed by atoms with Crippen molar-refractivity contribution in [2.45, 2.75) is 44.7 Å². The maximum atomic E-state index is 12.9. The van der Waals surface area contributed by atoms with Crippen molar-refractivity contribution in [3.05, 3.63) is 46.2 Å². The number of likely N-dealkylation sites (tertiary alicyclic amines) is 2. The van der Waals surface area contributed by atoms with Gasteiger partial charge in [-0.25, -0.2) is 4.98 Å². The highest BCUT2D eigenvalue weighted by molar-refractivity contribution is 7.09. The van der Waals surface area contributed by atoms with Crippen molar-refractivity contribution >= 4 is 17.2 Å². The van der Waals surface area contributed by atoms with Gasteiger partial charge in [0, 0.05) is 42.9 Å². The van der Waals surface area contributed by atoms with E-state index in [4.69, 9.17) is 0 Å². The molecule has 0 saturated carbocycles. The van der Waals surface area contributed by atoms with Crippen molar-refractivity contribution in [3.8, 4) is 0 Å². The Labute approximate surface area is 152 Å². The fourth-order valence-corrected chi connectivity index (χ4v) is 4.91. The van der Waals surface area contributed by atoms with Gasteiger partial charge in [0.25, 0.3) is 5.91 Å². The van der Waals surface area contributed by atoms with Crippen LogP contribution in [-0.2, 0) is 6.54 Å². The lowest BCUT2D eigenvalue weighted by Crippen LogP contribution is -2.56. The molecule has 5 nitrogen and oxygen atoms in total. The van der Waals surface area contributed by atoms with Gasteiger partial charge in [-0.05, 0) is 56.8 Å². The summed E-state index contributed by atoms with van der Waals surface area (Å²) >= 11 is 1.55. The minimum atomic E-state index is 0.0965. The highest BCUT2D eigenvalue weighted by Gasteiger charge is 2.44. The Hall–Kier alpha value is -1.79. The fraction of sp³-hybridized carbons (Fsp3) is 0.526. The molecule has 1 spiro atoms. The number of pyridine rings is 1. The van der Waals surface area contributed by atoms with Crippen molar-refractivity contribution in [2.24, 2.45) is 0 Å². The van der Waals surface area contributed by atoms with E-state index in [1.165, 1.54) is 24.8 Å². The van der Waals surface area contributed by atoms with Gasteiger partial charge < -0.3 is 4.90 Å². The quantitative estimate of drug-likeness (QED) is 0.848. The number of piperidine rings is 1. The highest BCUT2D eigenvalue weighted by Crippen LogP contribution is 2.38. The molecule has 4 heterocycles. The smallest absolute Gasteiger partial charge is 0.273 e. The molecule has 2 aliphatic rings. The van der Waals surface area contributed by atoms with Crippen molar-refractivity contribution in [1.29, 1.82) is 0 Å². The van der Waals surface area contributed by atoms with Crippen LogP contribution in [0.1, 0.15) is 46.7 Å². The average molecular weight is 356 g/mol. The van der Waals surface area contributed by atoms with E-state index in [1.54, 1.807) is 11.3 Å². The second-order valence-corrected chi connectivity index (χ2v) is 8.25. The molecule has 2 aliphatic heterocycles. The fourth-order valence-electron chi connectivity index (χ4n) is 4.32. The van der Waals surface area contributed by atoms with Crippen LogP contribution in [-0.4, -0.2) is 50.8 Å². The van der Waals surface area contributed by atoms with Gasteiger partial charge in [0.1, 0.15) is 5.69 Å². The van der Waals surface area contributed by atoms with Crippen molar-refractivity contribution < 1.29 is 4.79 Å². The summed E-state index contributed by atoms with van der Waals surface area (Å²) in [4.78, 5) is 26.0. The summed E-state index contributed by atoms with van der Waals surface area (Å²) in [6.07, 6.45) is 8.36. The monoisotopic (exact) mass is 356 g/mol. The van der Waals surface area contributed by atoms with Crippen molar-refractivity contribution in [1.82, 2.24) is 19.8 Å². The zero-order valence-electron chi connectivity index (χ0n) is 14.6. The van der Waals surface area contributed by atoms with Crippen LogP contribution in [0.3, 0.4) is 0 Å². The number of carbonyl (C=O) groups is 1. The zero-order chi connectivity index (χ0) is 17.3. The molecule has 4 rings (SSSR count). The summed E-state index contributed by atoms with van der Waals surface area (Å²) in [6.45, 7) is 5.68. The zero-order valence-corrected chi connectivity index (χ0v) is 15.5. The van der Waals surface area contributed by atoms with Crippen LogP contribution in [0.25, 0.3) is 0 Å². The minimum Gasteiger partial charge on any atom is -0.335 e. The van der Waals surface area contributed by atoms with E-state index >= 15 is 0 Å². The normalized spacial score (nSPS) is 24.1. The lowest BCUT2D eigenvalue weighted by atomic mass is 9.86. The van der Waals surface area contributed by atoms with Crippen LogP contribution >= 0.6 is 11.3 Å². The Morgan fingerprint density at radius 2 is 2.00 bits per heavy atom. The first-order chi connectivity index (χ1) is 12.2. The Kier molecular flexibility index (Phi) is 4.56. The minimum absolute atomic E-state index is 0.0965. The van der Waals surface area contributed by atoms with E-state index in [2.05, 4.69) is 27.0 Å². The molecule has 1 atom stereocenters. The van der Waals surface area contributed by atoms with E-state index in [0.717, 1.165) is 37.6 Å². The largest absolute Gasteiger partial charge is 0.335 e. The van der Waals surface area contributed by atoms with Gasteiger partial charge in [-0.1, -0.05) is 0 Å². The van der Waals surface area contributed by atoms with Gasteiger partial charge in [-0.15, -0.1) is 11.3 Å². The average Bonchev–Trinajstić information content (AvgIpc) is 3.22. The molecule has 6 heteroatoms. The number of aryl methyl sites for hydroxylation is 1. The number of aromatic nitrogens is 2. The van der Waals surface area contributed by atoms with Gasteiger partial charge in [0.15, 0.2) is 0 Å². The number of carbonyl (C=O) groups excluding carboxylic acids is 1. The van der Waals surface area contributed by atoms with Crippen LogP contribution in [0.2, 0.25) is 0 Å². The summed E-state index contributed by atoms with van der Waals surface area (Å²) < 4.78 is 0. The summed E-state index contributed by atoms with van der Waals surface area (Å²) in [5.41, 5.74) is 2.04. The maximum absolute atomic E-state index is 12.9. The predicted octanol–water partition coefficient (Wildman–Crippen LogP) is 3.12. The topological polar surface area (TPSA) is 49.3 Å². The summed E-state index contributed by atoms with van der Waals surface area (Å²) in [5.74, 6) is 0.0965. The standard InChI is InChI=1S/C19H24N4OS/c1-15-21-17(13-25-15)18(24)22-10-2-6-19(14-22)7-3-11-23(19)12-16-4-8-20-9-5-16/h4-5,8-9,13H,2-3,6-7,10-12,14H2,1H3. The Morgan fingerprint density at radius 3 is 2.72 bits per heavy atom. The second-order valence-electron chi connectivity index (χ2n) is 7.19. The summed E-state index contributed by atoms with van der Waals surface area (Å²) in [5, 5.41) is 2.85. The molecule has 2 aromatic heterocycles. The molecule has 2 fully saturated rings. The van der Waals surface area contributed by atoms with Crippen LogP contribution in [0.5, 0.6) is 0 Å². The molecule has 2 saturated heterocycles. The van der Waals surface area contributed by atoms with E-state index in [9.17, 15) is 4.79 Å². The second kappa shape index (κ2) is 6.84. The molecular weight excluding hydrogens is 332 g/mol. The van der Waals surface area contributed by atoms with Crippen LogP contribution in [0.4, 0.5) is 0 Å². The number of thiazole rings is 1. The third kappa shape index (κ3) is 3.33. The van der Waals surface area contributed by atoms with Crippen LogP contribution in [0.15, 0.2) is 29.9 Å². The molecule has 1 unspecified atom stereocenters. The molecule has 1 amide bonds. The molecule has 0 aliphatic carbocycles. The number of hydrogen-bond donors (Lipinski definition) is 0. The number of rotatable bonds is 3. The lowest BCUT2D eigenvalue weighted by molar-refractivity contribution is 0.0293. The molecular formula is C19H24N4OS. The number of amides is 1. The van der Waals surface area contributed by atoms with Crippen LogP contribution in [0, 0.1) is 6.92 Å². The third-order valence-corrected chi connectivity index (χ3v) is 6.32. The first kappa shape index (κ1) is 16.7. The molecule has 0 bridgehead atoms. The first-order valence-corrected chi connectivity index (χ1v) is 9.90. The lowest BCUT2D eigenvalue weighted by Gasteiger charge is -2.46. The Balaban J connectivity index is 1.51. The number of nitrogens with zero attached hydrogens (tertiary/aromatic N) is 4. The molecule has 2 aromatic rings.